The summed E-state index contributed by atoms with van der Waals surface area (Å²) in [6.07, 6.45) is 2.35. The van der Waals surface area contributed by atoms with Crippen LogP contribution in [0.15, 0.2) is 9.59 Å². The summed E-state index contributed by atoms with van der Waals surface area (Å²) >= 11 is 0. The summed E-state index contributed by atoms with van der Waals surface area (Å²) in [4.78, 5) is 33.5. The van der Waals surface area contributed by atoms with Crippen LogP contribution >= 0.6 is 0 Å². The number of rotatable bonds is 4. The molecule has 0 radical (unpaired) electrons. The lowest BCUT2D eigenvalue weighted by molar-refractivity contribution is 0.563. The highest BCUT2D eigenvalue weighted by Gasteiger charge is 2.34. The van der Waals surface area contributed by atoms with E-state index in [2.05, 4.69) is 9.97 Å². The SMILES string of the molecule is CN(c1nc2c([nH]1)c(=O)n(C)c(=O)n2C)C(CN)C1CC1. The van der Waals surface area contributed by atoms with Gasteiger partial charge in [0.2, 0.25) is 5.95 Å². The number of aromatic amines is 1. The fraction of sp³-hybridized carbons (Fsp3) is 0.615. The third kappa shape index (κ3) is 2.06. The van der Waals surface area contributed by atoms with Crippen LogP contribution in [0.25, 0.3) is 11.2 Å². The number of aromatic nitrogens is 4. The molecule has 2 heterocycles. The molecule has 1 atom stereocenters. The Kier molecular flexibility index (Phi) is 3.12. The molecule has 0 aromatic carbocycles. The van der Waals surface area contributed by atoms with E-state index in [1.165, 1.54) is 24.5 Å². The van der Waals surface area contributed by atoms with Crippen molar-refractivity contribution < 1.29 is 0 Å². The van der Waals surface area contributed by atoms with Crippen molar-refractivity contribution in [2.75, 3.05) is 18.5 Å². The van der Waals surface area contributed by atoms with Crippen molar-refractivity contribution >= 4 is 17.1 Å². The summed E-state index contributed by atoms with van der Waals surface area (Å²) in [5, 5.41) is 0. The smallest absolute Gasteiger partial charge is 0.332 e. The topological polar surface area (TPSA) is 102 Å². The molecule has 0 spiro atoms. The van der Waals surface area contributed by atoms with Crippen LogP contribution in [0.5, 0.6) is 0 Å². The summed E-state index contributed by atoms with van der Waals surface area (Å²) in [5.74, 6) is 1.16. The molecule has 21 heavy (non-hydrogen) atoms. The third-order valence-corrected chi connectivity index (χ3v) is 4.32. The van der Waals surface area contributed by atoms with E-state index < -0.39 is 0 Å². The van der Waals surface area contributed by atoms with Gasteiger partial charge in [0, 0.05) is 33.7 Å². The molecule has 1 fully saturated rings. The fourth-order valence-electron chi connectivity index (χ4n) is 2.79. The van der Waals surface area contributed by atoms with Crippen molar-refractivity contribution in [3.05, 3.63) is 20.8 Å². The van der Waals surface area contributed by atoms with Gasteiger partial charge < -0.3 is 15.6 Å². The monoisotopic (exact) mass is 292 g/mol. The van der Waals surface area contributed by atoms with Crippen LogP contribution in [0.3, 0.4) is 0 Å². The van der Waals surface area contributed by atoms with Gasteiger partial charge in [-0.25, -0.2) is 4.79 Å². The number of nitrogens with two attached hydrogens (primary N) is 1. The zero-order chi connectivity index (χ0) is 15.3. The Morgan fingerprint density at radius 1 is 1.38 bits per heavy atom. The van der Waals surface area contributed by atoms with Crippen LogP contribution in [0.1, 0.15) is 12.8 Å². The molecule has 2 aromatic heterocycles. The number of nitrogens with one attached hydrogen (secondary N) is 1. The lowest BCUT2D eigenvalue weighted by Crippen LogP contribution is -2.40. The minimum absolute atomic E-state index is 0.200. The van der Waals surface area contributed by atoms with Crippen molar-refractivity contribution in [1.82, 2.24) is 19.1 Å². The number of aryl methyl sites for hydroxylation is 1. The first kappa shape index (κ1) is 13.9. The number of likely N-dealkylation sites (N-methyl/N-ethyl adjacent to an activating group) is 1. The highest BCUT2D eigenvalue weighted by atomic mass is 16.2. The lowest BCUT2D eigenvalue weighted by Gasteiger charge is -2.26. The van der Waals surface area contributed by atoms with Gasteiger partial charge in [0.25, 0.3) is 5.56 Å². The Hall–Kier alpha value is -2.09. The van der Waals surface area contributed by atoms with Gasteiger partial charge in [0.15, 0.2) is 11.2 Å². The number of anilines is 1. The third-order valence-electron chi connectivity index (χ3n) is 4.32. The molecule has 114 valence electrons. The molecule has 1 aliphatic carbocycles. The maximum Gasteiger partial charge on any atom is 0.332 e. The first-order chi connectivity index (χ1) is 9.95. The van der Waals surface area contributed by atoms with Gasteiger partial charge in [0.05, 0.1) is 0 Å². The second-order valence-electron chi connectivity index (χ2n) is 5.72. The van der Waals surface area contributed by atoms with Gasteiger partial charge in [-0.1, -0.05) is 0 Å². The number of fused-ring (bicyclic) bond motifs is 1. The molecule has 0 saturated heterocycles. The summed E-state index contributed by atoms with van der Waals surface area (Å²) in [6.45, 7) is 0.537. The molecule has 2 aromatic rings. The van der Waals surface area contributed by atoms with Gasteiger partial charge >= 0.3 is 5.69 Å². The van der Waals surface area contributed by atoms with Crippen molar-refractivity contribution in [1.29, 1.82) is 0 Å². The largest absolute Gasteiger partial charge is 0.341 e. The molecular formula is C13H20N6O2. The summed E-state index contributed by atoms with van der Waals surface area (Å²) in [5.41, 5.74) is 5.81. The highest BCUT2D eigenvalue weighted by molar-refractivity contribution is 5.73. The Labute approximate surface area is 121 Å². The second kappa shape index (κ2) is 4.73. The van der Waals surface area contributed by atoms with E-state index in [9.17, 15) is 9.59 Å². The Morgan fingerprint density at radius 3 is 2.62 bits per heavy atom. The summed E-state index contributed by atoms with van der Waals surface area (Å²) in [7, 11) is 4.98. The average molecular weight is 292 g/mol. The first-order valence-electron chi connectivity index (χ1n) is 7.04. The molecule has 8 nitrogen and oxygen atoms in total. The number of hydrogen-bond acceptors (Lipinski definition) is 5. The summed E-state index contributed by atoms with van der Waals surface area (Å²) < 4.78 is 2.45. The predicted octanol–water partition coefficient (Wildman–Crippen LogP) is -0.866. The predicted molar refractivity (Wildman–Crippen MR) is 80.5 cm³/mol. The molecule has 1 aliphatic rings. The molecule has 0 aliphatic heterocycles. The van der Waals surface area contributed by atoms with Gasteiger partial charge in [0.1, 0.15) is 0 Å². The van der Waals surface area contributed by atoms with E-state index in [1.54, 1.807) is 7.05 Å². The van der Waals surface area contributed by atoms with Gasteiger partial charge in [-0.05, 0) is 18.8 Å². The Balaban J connectivity index is 2.13. The van der Waals surface area contributed by atoms with E-state index in [0.29, 0.717) is 29.6 Å². The average Bonchev–Trinajstić information content (AvgIpc) is 3.20. The van der Waals surface area contributed by atoms with Gasteiger partial charge in [-0.3, -0.25) is 13.9 Å². The van der Waals surface area contributed by atoms with E-state index >= 15 is 0 Å². The normalized spacial score (nSPS) is 16.4. The Bertz CT molecular complexity index is 797. The van der Waals surface area contributed by atoms with Crippen LogP contribution in [0.4, 0.5) is 5.95 Å². The molecule has 0 bridgehead atoms. The van der Waals surface area contributed by atoms with Crippen LogP contribution in [0, 0.1) is 5.92 Å². The first-order valence-corrected chi connectivity index (χ1v) is 7.04. The number of imidazole rings is 1. The van der Waals surface area contributed by atoms with Crippen LogP contribution in [0.2, 0.25) is 0 Å². The van der Waals surface area contributed by atoms with Gasteiger partial charge in [-0.2, -0.15) is 4.98 Å². The van der Waals surface area contributed by atoms with Gasteiger partial charge in [-0.15, -0.1) is 0 Å². The maximum absolute atomic E-state index is 12.2. The van der Waals surface area contributed by atoms with Crippen LogP contribution in [-0.4, -0.2) is 38.7 Å². The zero-order valence-electron chi connectivity index (χ0n) is 12.5. The van der Waals surface area contributed by atoms with E-state index in [1.807, 2.05) is 11.9 Å². The van der Waals surface area contributed by atoms with Crippen molar-refractivity contribution in [3.8, 4) is 0 Å². The van der Waals surface area contributed by atoms with E-state index in [4.69, 9.17) is 5.73 Å². The minimum atomic E-state index is -0.384. The molecule has 3 rings (SSSR count). The molecule has 1 unspecified atom stereocenters. The van der Waals surface area contributed by atoms with Crippen LogP contribution in [-0.2, 0) is 14.1 Å². The molecule has 1 saturated carbocycles. The lowest BCUT2D eigenvalue weighted by atomic mass is 10.2. The molecular weight excluding hydrogens is 272 g/mol. The standard InChI is InChI=1S/C13H20N6O2/c1-17(8(6-14)7-4-5-7)12-15-9-10(16-12)18(2)13(21)19(3)11(9)20/h7-8H,4-6,14H2,1-3H3,(H,15,16). The van der Waals surface area contributed by atoms with E-state index in [0.717, 1.165) is 4.57 Å². The zero-order valence-corrected chi connectivity index (χ0v) is 12.5. The molecule has 3 N–H and O–H groups in total. The van der Waals surface area contributed by atoms with Crippen molar-refractivity contribution in [2.45, 2.75) is 18.9 Å². The number of nitrogens with zero attached hydrogens (tertiary/aromatic N) is 4. The van der Waals surface area contributed by atoms with Crippen molar-refractivity contribution in [3.63, 3.8) is 0 Å². The number of H-pyrrole nitrogens is 1. The van der Waals surface area contributed by atoms with Crippen LogP contribution < -0.4 is 21.9 Å². The number of hydrogen-bond donors (Lipinski definition) is 2. The van der Waals surface area contributed by atoms with E-state index in [-0.39, 0.29) is 17.3 Å². The highest BCUT2D eigenvalue weighted by Crippen LogP contribution is 2.35. The molecule has 8 heteroatoms. The quantitative estimate of drug-likeness (QED) is 0.763. The Morgan fingerprint density at radius 2 is 2.05 bits per heavy atom. The summed E-state index contributed by atoms with van der Waals surface area (Å²) in [6, 6.07) is 0.200. The second-order valence-corrected chi connectivity index (χ2v) is 5.72. The maximum atomic E-state index is 12.2. The van der Waals surface area contributed by atoms with Crippen molar-refractivity contribution in [2.24, 2.45) is 25.7 Å². The molecule has 0 amide bonds. The fourth-order valence-corrected chi connectivity index (χ4v) is 2.79. The minimum Gasteiger partial charge on any atom is -0.341 e.